The van der Waals surface area contributed by atoms with E-state index in [1.807, 2.05) is 14.1 Å². The second kappa shape index (κ2) is 9.55. The summed E-state index contributed by atoms with van der Waals surface area (Å²) in [5, 5.41) is 2.99. The van der Waals surface area contributed by atoms with E-state index in [2.05, 4.69) is 39.4 Å². The smallest absolute Gasteiger partial charge is 0.258 e. The molecule has 0 bridgehead atoms. The van der Waals surface area contributed by atoms with Crippen LogP contribution in [0.5, 0.6) is 5.75 Å². The van der Waals surface area contributed by atoms with Gasteiger partial charge in [-0.25, -0.2) is 4.39 Å². The molecule has 1 amide bonds. The average molecular weight is 385 g/mol. The normalized spacial score (nSPS) is 15.2. The van der Waals surface area contributed by atoms with Gasteiger partial charge in [-0.2, -0.15) is 0 Å². The number of benzene rings is 2. The molecule has 3 rings (SSSR count). The lowest BCUT2D eigenvalue weighted by atomic mass is 10.0. The van der Waals surface area contributed by atoms with Crippen LogP contribution in [0.15, 0.2) is 48.5 Å². The molecule has 1 atom stereocenters. The molecule has 1 N–H and O–H groups in total. The number of ether oxygens (including phenoxy) is 1. The van der Waals surface area contributed by atoms with Crippen LogP contribution < -0.4 is 15.0 Å². The maximum atomic E-state index is 12.9. The summed E-state index contributed by atoms with van der Waals surface area (Å²) in [5.74, 6) is -0.0316. The minimum atomic E-state index is -0.328. The molecular formula is C22H28FN3O2. The first-order valence-electron chi connectivity index (χ1n) is 9.69. The van der Waals surface area contributed by atoms with Gasteiger partial charge in [0.25, 0.3) is 5.91 Å². The van der Waals surface area contributed by atoms with Crippen LogP contribution >= 0.6 is 0 Å². The van der Waals surface area contributed by atoms with Gasteiger partial charge in [0.1, 0.15) is 11.6 Å². The summed E-state index contributed by atoms with van der Waals surface area (Å²) in [7, 11) is 4.04. The van der Waals surface area contributed by atoms with Crippen molar-refractivity contribution in [3.63, 3.8) is 0 Å². The standard InChI is InChI=1S/C22H28FN3O2/c1-25(2)19-9-5-17(6-10-19)21(26-13-3-4-14-26)15-24-22(27)16-28-20-11-7-18(23)8-12-20/h5-12,21H,3-4,13-16H2,1-2H3,(H,24,27)/t21-/m1/s1. The maximum absolute atomic E-state index is 12.9. The van der Waals surface area contributed by atoms with Gasteiger partial charge in [-0.1, -0.05) is 12.1 Å². The molecule has 0 spiro atoms. The Morgan fingerprint density at radius 3 is 2.36 bits per heavy atom. The number of halogens is 1. The molecule has 2 aromatic rings. The number of likely N-dealkylation sites (tertiary alicyclic amines) is 1. The molecule has 5 nitrogen and oxygen atoms in total. The molecule has 0 saturated carbocycles. The zero-order valence-corrected chi connectivity index (χ0v) is 16.5. The van der Waals surface area contributed by atoms with Gasteiger partial charge in [0.05, 0.1) is 6.04 Å². The van der Waals surface area contributed by atoms with Crippen molar-refractivity contribution in [2.45, 2.75) is 18.9 Å². The average Bonchev–Trinajstić information content (AvgIpc) is 3.22. The Morgan fingerprint density at radius 2 is 1.75 bits per heavy atom. The fraction of sp³-hybridized carbons (Fsp3) is 0.409. The van der Waals surface area contributed by atoms with E-state index >= 15 is 0 Å². The molecule has 2 aromatic carbocycles. The first-order valence-corrected chi connectivity index (χ1v) is 9.69. The van der Waals surface area contributed by atoms with Gasteiger partial charge in [-0.15, -0.1) is 0 Å². The Labute approximate surface area is 166 Å². The van der Waals surface area contributed by atoms with Gasteiger partial charge >= 0.3 is 0 Å². The summed E-state index contributed by atoms with van der Waals surface area (Å²) in [6, 6.07) is 14.3. The molecule has 0 aliphatic carbocycles. The first kappa shape index (κ1) is 20.1. The Kier molecular flexibility index (Phi) is 6.87. The highest BCUT2D eigenvalue weighted by Gasteiger charge is 2.24. The van der Waals surface area contributed by atoms with Crippen molar-refractivity contribution in [1.82, 2.24) is 10.2 Å². The summed E-state index contributed by atoms with van der Waals surface area (Å²) in [4.78, 5) is 16.7. The molecule has 28 heavy (non-hydrogen) atoms. The van der Waals surface area contributed by atoms with Gasteiger partial charge in [0, 0.05) is 26.3 Å². The van der Waals surface area contributed by atoms with E-state index in [9.17, 15) is 9.18 Å². The Morgan fingerprint density at radius 1 is 1.11 bits per heavy atom. The quantitative estimate of drug-likeness (QED) is 0.758. The number of nitrogens with one attached hydrogen (secondary N) is 1. The van der Waals surface area contributed by atoms with Crippen molar-refractivity contribution in [2.24, 2.45) is 0 Å². The number of rotatable bonds is 8. The topological polar surface area (TPSA) is 44.8 Å². The van der Waals surface area contributed by atoms with Crippen molar-refractivity contribution < 1.29 is 13.9 Å². The zero-order chi connectivity index (χ0) is 19.9. The fourth-order valence-electron chi connectivity index (χ4n) is 3.45. The minimum absolute atomic E-state index is 0.0854. The van der Waals surface area contributed by atoms with Crippen molar-refractivity contribution >= 4 is 11.6 Å². The van der Waals surface area contributed by atoms with Crippen LogP contribution in [0.4, 0.5) is 10.1 Å². The molecule has 6 heteroatoms. The van der Waals surface area contributed by atoms with E-state index in [-0.39, 0.29) is 24.4 Å². The van der Waals surface area contributed by atoms with Crippen LogP contribution in [0.3, 0.4) is 0 Å². The summed E-state index contributed by atoms with van der Waals surface area (Å²) >= 11 is 0. The second-order valence-corrected chi connectivity index (χ2v) is 7.29. The van der Waals surface area contributed by atoms with Crippen LogP contribution in [0, 0.1) is 5.82 Å². The molecule has 1 aliphatic rings. The SMILES string of the molecule is CN(C)c1ccc([C@@H](CNC(=O)COc2ccc(F)cc2)N2CCCC2)cc1. The summed E-state index contributed by atoms with van der Waals surface area (Å²) in [6.07, 6.45) is 2.38. The molecule has 1 aliphatic heterocycles. The number of hydrogen-bond acceptors (Lipinski definition) is 4. The van der Waals surface area contributed by atoms with Gasteiger partial charge in [-0.05, 0) is 67.9 Å². The molecule has 1 fully saturated rings. The van der Waals surface area contributed by atoms with Gasteiger partial charge < -0.3 is 15.0 Å². The van der Waals surface area contributed by atoms with Crippen molar-refractivity contribution in [3.05, 3.63) is 59.9 Å². The van der Waals surface area contributed by atoms with Crippen molar-refractivity contribution in [2.75, 3.05) is 45.2 Å². The van der Waals surface area contributed by atoms with E-state index in [1.165, 1.54) is 42.7 Å². The Bertz CT molecular complexity index is 756. The second-order valence-electron chi connectivity index (χ2n) is 7.29. The third-order valence-corrected chi connectivity index (χ3v) is 5.05. The van der Waals surface area contributed by atoms with E-state index in [4.69, 9.17) is 4.74 Å². The molecule has 0 radical (unpaired) electrons. The van der Waals surface area contributed by atoms with Gasteiger partial charge in [0.15, 0.2) is 6.61 Å². The number of amides is 1. The van der Waals surface area contributed by atoms with Crippen molar-refractivity contribution in [3.8, 4) is 5.75 Å². The van der Waals surface area contributed by atoms with Crippen LogP contribution in [0.25, 0.3) is 0 Å². The lowest BCUT2D eigenvalue weighted by Gasteiger charge is -2.28. The fourth-order valence-corrected chi connectivity index (χ4v) is 3.45. The van der Waals surface area contributed by atoms with Gasteiger partial charge in [0.2, 0.25) is 0 Å². The highest BCUT2D eigenvalue weighted by molar-refractivity contribution is 5.77. The van der Waals surface area contributed by atoms with Crippen LogP contribution in [0.1, 0.15) is 24.4 Å². The first-order chi connectivity index (χ1) is 13.5. The molecule has 1 heterocycles. The van der Waals surface area contributed by atoms with E-state index in [1.54, 1.807) is 0 Å². The molecule has 0 aromatic heterocycles. The summed E-state index contributed by atoms with van der Waals surface area (Å²) in [5.41, 5.74) is 2.35. The third-order valence-electron chi connectivity index (χ3n) is 5.05. The lowest BCUT2D eigenvalue weighted by molar-refractivity contribution is -0.123. The number of hydrogen-bond donors (Lipinski definition) is 1. The minimum Gasteiger partial charge on any atom is -0.484 e. The Hall–Kier alpha value is -2.60. The van der Waals surface area contributed by atoms with E-state index < -0.39 is 0 Å². The number of nitrogens with zero attached hydrogens (tertiary/aromatic N) is 2. The number of carbonyl (C=O) groups is 1. The largest absolute Gasteiger partial charge is 0.484 e. The van der Waals surface area contributed by atoms with E-state index in [0.717, 1.165) is 18.8 Å². The maximum Gasteiger partial charge on any atom is 0.258 e. The lowest BCUT2D eigenvalue weighted by Crippen LogP contribution is -2.38. The predicted molar refractivity (Wildman–Crippen MR) is 109 cm³/mol. The Balaban J connectivity index is 1.58. The molecule has 150 valence electrons. The summed E-state index contributed by atoms with van der Waals surface area (Å²) in [6.45, 7) is 2.54. The van der Waals surface area contributed by atoms with Crippen LogP contribution in [-0.4, -0.2) is 51.1 Å². The number of carbonyl (C=O) groups excluding carboxylic acids is 1. The van der Waals surface area contributed by atoms with Crippen LogP contribution in [-0.2, 0) is 4.79 Å². The zero-order valence-electron chi connectivity index (χ0n) is 16.5. The molecular weight excluding hydrogens is 357 g/mol. The highest BCUT2D eigenvalue weighted by Crippen LogP contribution is 2.26. The monoisotopic (exact) mass is 385 g/mol. The molecule has 1 saturated heterocycles. The summed E-state index contributed by atoms with van der Waals surface area (Å²) < 4.78 is 18.4. The third kappa shape index (κ3) is 5.45. The number of anilines is 1. The van der Waals surface area contributed by atoms with Crippen LogP contribution in [0.2, 0.25) is 0 Å². The van der Waals surface area contributed by atoms with Crippen molar-refractivity contribution in [1.29, 1.82) is 0 Å². The highest BCUT2D eigenvalue weighted by atomic mass is 19.1. The predicted octanol–water partition coefficient (Wildman–Crippen LogP) is 3.22. The van der Waals surface area contributed by atoms with E-state index in [0.29, 0.717) is 12.3 Å². The van der Waals surface area contributed by atoms with Gasteiger partial charge in [-0.3, -0.25) is 9.69 Å². The molecule has 0 unspecified atom stereocenters.